The number of nitrogens with zero attached hydrogens (tertiary/aromatic N) is 2. The van der Waals surface area contributed by atoms with E-state index in [1.165, 1.54) is 0 Å². The number of para-hydroxylation sites is 2. The number of rotatable bonds is 10. The standard InChI is InChI=1S/C21H30N4O2.HI/c1-4-7-14-23-21(22-5-2)25-16-17-12-13-20(24-15-17)27-19-11-9-8-10-18(19)26-6-3;/h8-13,15H,4-7,14,16H2,1-3H3,(H2,22,23,25);1H. The molecule has 0 atom stereocenters. The molecule has 0 aliphatic rings. The van der Waals surface area contributed by atoms with E-state index in [2.05, 4.69) is 34.5 Å². The number of ether oxygens (including phenoxy) is 2. The zero-order chi connectivity index (χ0) is 19.3. The van der Waals surface area contributed by atoms with E-state index < -0.39 is 0 Å². The second kappa shape index (κ2) is 14.0. The molecule has 28 heavy (non-hydrogen) atoms. The van der Waals surface area contributed by atoms with Gasteiger partial charge in [0.05, 0.1) is 13.2 Å². The van der Waals surface area contributed by atoms with Crippen molar-refractivity contribution < 1.29 is 9.47 Å². The largest absolute Gasteiger partial charge is 0.490 e. The predicted molar refractivity (Wildman–Crippen MR) is 125 cm³/mol. The predicted octanol–water partition coefficient (Wildman–Crippen LogP) is 4.75. The molecular formula is C21H31IN4O2. The van der Waals surface area contributed by atoms with Crippen molar-refractivity contribution in [2.24, 2.45) is 4.99 Å². The van der Waals surface area contributed by atoms with Gasteiger partial charge in [0.1, 0.15) is 0 Å². The number of nitrogens with one attached hydrogen (secondary N) is 2. The fraction of sp³-hybridized carbons (Fsp3) is 0.429. The monoisotopic (exact) mass is 498 g/mol. The summed E-state index contributed by atoms with van der Waals surface area (Å²) in [5.74, 6) is 2.73. The van der Waals surface area contributed by atoms with Crippen LogP contribution in [-0.2, 0) is 6.54 Å². The molecule has 6 nitrogen and oxygen atoms in total. The lowest BCUT2D eigenvalue weighted by molar-refractivity contribution is 0.319. The van der Waals surface area contributed by atoms with Gasteiger partial charge in [-0.2, -0.15) is 0 Å². The SMILES string of the molecule is CCCCNC(=NCc1ccc(Oc2ccccc2OCC)nc1)NCC.I. The summed E-state index contributed by atoms with van der Waals surface area (Å²) in [6, 6.07) is 11.4. The van der Waals surface area contributed by atoms with Crippen LogP contribution in [0.4, 0.5) is 0 Å². The van der Waals surface area contributed by atoms with Crippen LogP contribution in [0.5, 0.6) is 17.4 Å². The van der Waals surface area contributed by atoms with Crippen LogP contribution in [0.1, 0.15) is 39.2 Å². The lowest BCUT2D eigenvalue weighted by atomic mass is 10.3. The number of benzene rings is 1. The van der Waals surface area contributed by atoms with Gasteiger partial charge < -0.3 is 20.1 Å². The quantitative estimate of drug-likeness (QED) is 0.214. The van der Waals surface area contributed by atoms with E-state index in [9.17, 15) is 0 Å². The van der Waals surface area contributed by atoms with Gasteiger partial charge in [-0.25, -0.2) is 9.98 Å². The molecule has 2 N–H and O–H groups in total. The molecule has 0 aliphatic carbocycles. The van der Waals surface area contributed by atoms with Crippen molar-refractivity contribution in [1.82, 2.24) is 15.6 Å². The van der Waals surface area contributed by atoms with Gasteiger partial charge in [0.25, 0.3) is 0 Å². The van der Waals surface area contributed by atoms with E-state index in [1.54, 1.807) is 6.20 Å². The van der Waals surface area contributed by atoms with Gasteiger partial charge in [0.15, 0.2) is 17.5 Å². The van der Waals surface area contributed by atoms with Crippen LogP contribution in [0.25, 0.3) is 0 Å². The summed E-state index contributed by atoms with van der Waals surface area (Å²) in [7, 11) is 0. The first-order valence-corrected chi connectivity index (χ1v) is 9.63. The normalized spacial score (nSPS) is 10.8. The maximum Gasteiger partial charge on any atom is 0.219 e. The molecule has 2 rings (SSSR count). The van der Waals surface area contributed by atoms with Gasteiger partial charge in [0.2, 0.25) is 5.88 Å². The highest BCUT2D eigenvalue weighted by molar-refractivity contribution is 14.0. The van der Waals surface area contributed by atoms with Crippen LogP contribution >= 0.6 is 24.0 Å². The molecule has 0 bridgehead atoms. The van der Waals surface area contributed by atoms with E-state index in [1.807, 2.05) is 43.3 Å². The van der Waals surface area contributed by atoms with Crippen LogP contribution in [0.3, 0.4) is 0 Å². The van der Waals surface area contributed by atoms with E-state index in [0.29, 0.717) is 30.5 Å². The first-order chi connectivity index (χ1) is 13.3. The first-order valence-electron chi connectivity index (χ1n) is 9.63. The minimum absolute atomic E-state index is 0. The second-order valence-corrected chi connectivity index (χ2v) is 5.96. The third-order valence-electron chi connectivity index (χ3n) is 3.75. The minimum atomic E-state index is 0. The number of unbranched alkanes of at least 4 members (excludes halogenated alkanes) is 1. The average Bonchev–Trinajstić information content (AvgIpc) is 2.69. The van der Waals surface area contributed by atoms with Crippen molar-refractivity contribution in [3.8, 4) is 17.4 Å². The molecule has 7 heteroatoms. The summed E-state index contributed by atoms with van der Waals surface area (Å²) in [5, 5.41) is 6.59. The molecule has 0 radical (unpaired) electrons. The Morgan fingerprint density at radius 2 is 1.82 bits per heavy atom. The van der Waals surface area contributed by atoms with Crippen molar-refractivity contribution >= 4 is 29.9 Å². The molecule has 0 amide bonds. The molecule has 0 saturated carbocycles. The lowest BCUT2D eigenvalue weighted by Crippen LogP contribution is -2.37. The number of hydrogen-bond acceptors (Lipinski definition) is 4. The van der Waals surface area contributed by atoms with E-state index in [-0.39, 0.29) is 24.0 Å². The van der Waals surface area contributed by atoms with Crippen molar-refractivity contribution in [2.45, 2.75) is 40.2 Å². The summed E-state index contributed by atoms with van der Waals surface area (Å²) < 4.78 is 11.4. The Bertz CT molecular complexity index is 708. The average molecular weight is 498 g/mol. The summed E-state index contributed by atoms with van der Waals surface area (Å²) in [6.45, 7) is 9.09. The van der Waals surface area contributed by atoms with Crippen molar-refractivity contribution in [2.75, 3.05) is 19.7 Å². The molecule has 0 aliphatic heterocycles. The van der Waals surface area contributed by atoms with Gasteiger partial charge in [-0.3, -0.25) is 0 Å². The van der Waals surface area contributed by atoms with E-state index >= 15 is 0 Å². The lowest BCUT2D eigenvalue weighted by Gasteiger charge is -2.11. The summed E-state index contributed by atoms with van der Waals surface area (Å²) in [6.07, 6.45) is 4.07. The maximum atomic E-state index is 5.85. The van der Waals surface area contributed by atoms with Crippen LogP contribution in [-0.4, -0.2) is 30.6 Å². The highest BCUT2D eigenvalue weighted by Crippen LogP contribution is 2.30. The zero-order valence-corrected chi connectivity index (χ0v) is 19.2. The molecule has 0 fully saturated rings. The van der Waals surface area contributed by atoms with Gasteiger partial charge in [0, 0.05) is 25.4 Å². The van der Waals surface area contributed by atoms with Crippen molar-refractivity contribution in [1.29, 1.82) is 0 Å². The highest BCUT2D eigenvalue weighted by atomic mass is 127. The Labute approximate surface area is 185 Å². The van der Waals surface area contributed by atoms with Crippen LogP contribution in [0.15, 0.2) is 47.6 Å². The molecule has 1 aromatic heterocycles. The first kappa shape index (κ1) is 24.0. The summed E-state index contributed by atoms with van der Waals surface area (Å²) in [5.41, 5.74) is 1.02. The molecule has 1 aromatic carbocycles. The third-order valence-corrected chi connectivity index (χ3v) is 3.75. The third kappa shape index (κ3) is 8.33. The maximum absolute atomic E-state index is 5.85. The van der Waals surface area contributed by atoms with Crippen molar-refractivity contribution in [3.05, 3.63) is 48.2 Å². The molecule has 2 aromatic rings. The zero-order valence-electron chi connectivity index (χ0n) is 16.9. The Hall–Kier alpha value is -2.03. The fourth-order valence-corrected chi connectivity index (χ4v) is 2.38. The molecule has 1 heterocycles. The Kier molecular flexibility index (Phi) is 12.0. The molecule has 0 unspecified atom stereocenters. The van der Waals surface area contributed by atoms with E-state index in [0.717, 1.165) is 37.5 Å². The molecule has 154 valence electrons. The van der Waals surface area contributed by atoms with Crippen LogP contribution < -0.4 is 20.1 Å². The Balaban J connectivity index is 0.00000392. The van der Waals surface area contributed by atoms with Gasteiger partial charge in [-0.1, -0.05) is 31.5 Å². The number of guanidine groups is 1. The highest BCUT2D eigenvalue weighted by Gasteiger charge is 2.06. The fourth-order valence-electron chi connectivity index (χ4n) is 2.38. The smallest absolute Gasteiger partial charge is 0.219 e. The van der Waals surface area contributed by atoms with Crippen LogP contribution in [0.2, 0.25) is 0 Å². The summed E-state index contributed by atoms with van der Waals surface area (Å²) >= 11 is 0. The number of aliphatic imine (C=N–C) groups is 1. The number of pyridine rings is 1. The number of halogens is 1. The number of hydrogen-bond donors (Lipinski definition) is 2. The van der Waals surface area contributed by atoms with Gasteiger partial charge in [-0.15, -0.1) is 24.0 Å². The van der Waals surface area contributed by atoms with E-state index in [4.69, 9.17) is 9.47 Å². The summed E-state index contributed by atoms with van der Waals surface area (Å²) in [4.78, 5) is 8.99. The molecule has 0 spiro atoms. The molecule has 0 saturated heterocycles. The topological polar surface area (TPSA) is 67.8 Å². The molecular weight excluding hydrogens is 467 g/mol. The van der Waals surface area contributed by atoms with Gasteiger partial charge in [-0.05, 0) is 38.0 Å². The Morgan fingerprint density at radius 3 is 2.46 bits per heavy atom. The van der Waals surface area contributed by atoms with Crippen LogP contribution in [0, 0.1) is 0 Å². The van der Waals surface area contributed by atoms with Crippen molar-refractivity contribution in [3.63, 3.8) is 0 Å². The Morgan fingerprint density at radius 1 is 1.04 bits per heavy atom. The minimum Gasteiger partial charge on any atom is -0.490 e. The number of aromatic nitrogens is 1. The second-order valence-electron chi connectivity index (χ2n) is 5.96. The van der Waals surface area contributed by atoms with Gasteiger partial charge >= 0.3 is 0 Å².